The molecule has 1 N–H and O–H groups in total. The second-order valence-corrected chi connectivity index (χ2v) is 4.74. The first kappa shape index (κ1) is 14.3. The van der Waals surface area contributed by atoms with Gasteiger partial charge in [0.15, 0.2) is 0 Å². The molecule has 1 heterocycles. The molecule has 108 valence electrons. The van der Waals surface area contributed by atoms with Crippen LogP contribution in [-0.4, -0.2) is 41.6 Å². The Morgan fingerprint density at radius 3 is 2.90 bits per heavy atom. The molecular weight excluding hydrogens is 265 g/mol. The monoisotopic (exact) mass is 281 g/mol. The van der Waals surface area contributed by atoms with Crippen molar-refractivity contribution in [1.29, 1.82) is 0 Å². The summed E-state index contributed by atoms with van der Waals surface area (Å²) in [5.41, 5.74) is 0.129. The van der Waals surface area contributed by atoms with Gasteiger partial charge in [0.1, 0.15) is 11.6 Å². The Hall–Kier alpha value is -2.11. The van der Waals surface area contributed by atoms with E-state index in [-0.39, 0.29) is 29.7 Å². The van der Waals surface area contributed by atoms with Gasteiger partial charge in [0, 0.05) is 12.6 Å². The highest BCUT2D eigenvalue weighted by Gasteiger charge is 2.32. The molecule has 0 saturated carbocycles. The lowest BCUT2D eigenvalue weighted by Gasteiger charge is -2.24. The second-order valence-electron chi connectivity index (χ2n) is 4.74. The third-order valence-electron chi connectivity index (χ3n) is 3.44. The van der Waals surface area contributed by atoms with Gasteiger partial charge in [0.2, 0.25) is 0 Å². The van der Waals surface area contributed by atoms with E-state index in [1.54, 1.807) is 0 Å². The van der Waals surface area contributed by atoms with E-state index in [0.29, 0.717) is 13.0 Å². The molecule has 1 aromatic carbocycles. The smallest absolute Gasteiger partial charge is 0.305 e. The Morgan fingerprint density at radius 2 is 2.25 bits per heavy atom. The molecule has 5 nitrogen and oxygen atoms in total. The van der Waals surface area contributed by atoms with E-state index in [1.165, 1.54) is 24.1 Å². The van der Waals surface area contributed by atoms with Crippen LogP contribution in [0, 0.1) is 5.82 Å². The standard InChI is InChI=1S/C14H16FNO4/c1-20-12-5-4-9(15)7-11(12)14(19)16-6-2-3-10(16)8-13(17)18/h4-5,7,10H,2-3,6,8H2,1H3,(H,17,18)/t10-/m1/s1. The lowest BCUT2D eigenvalue weighted by atomic mass is 10.1. The number of carbonyl (C=O) groups excluding carboxylic acids is 1. The van der Waals surface area contributed by atoms with Crippen molar-refractivity contribution in [3.8, 4) is 5.75 Å². The maximum atomic E-state index is 13.3. The summed E-state index contributed by atoms with van der Waals surface area (Å²) in [6, 6.07) is 3.39. The van der Waals surface area contributed by atoms with Gasteiger partial charge in [0.05, 0.1) is 19.1 Å². The van der Waals surface area contributed by atoms with E-state index in [2.05, 4.69) is 0 Å². The van der Waals surface area contributed by atoms with E-state index in [1.807, 2.05) is 0 Å². The second kappa shape index (κ2) is 5.90. The summed E-state index contributed by atoms with van der Waals surface area (Å²) in [7, 11) is 1.41. The molecule has 0 aliphatic carbocycles. The molecule has 1 aliphatic rings. The highest BCUT2D eigenvalue weighted by Crippen LogP contribution is 2.27. The van der Waals surface area contributed by atoms with Crippen molar-refractivity contribution in [2.45, 2.75) is 25.3 Å². The normalized spacial score (nSPS) is 18.1. The van der Waals surface area contributed by atoms with Gasteiger partial charge in [-0.05, 0) is 31.0 Å². The molecule has 2 rings (SSSR count). The molecule has 20 heavy (non-hydrogen) atoms. The van der Waals surface area contributed by atoms with Crippen LogP contribution in [0.3, 0.4) is 0 Å². The van der Waals surface area contributed by atoms with Gasteiger partial charge in [-0.15, -0.1) is 0 Å². The summed E-state index contributed by atoms with van der Waals surface area (Å²) in [5.74, 6) is -1.56. The Kier molecular flexibility index (Phi) is 4.22. The summed E-state index contributed by atoms with van der Waals surface area (Å²) in [4.78, 5) is 24.8. The fourth-order valence-electron chi connectivity index (χ4n) is 2.52. The predicted octanol–water partition coefficient (Wildman–Crippen LogP) is 1.91. The van der Waals surface area contributed by atoms with Crippen LogP contribution in [0.2, 0.25) is 0 Å². The average molecular weight is 281 g/mol. The Labute approximate surface area is 116 Å². The fourth-order valence-corrected chi connectivity index (χ4v) is 2.52. The van der Waals surface area contributed by atoms with Crippen molar-refractivity contribution < 1.29 is 23.8 Å². The number of methoxy groups -OCH3 is 1. The number of hydrogen-bond donors (Lipinski definition) is 1. The van der Waals surface area contributed by atoms with Gasteiger partial charge in [-0.1, -0.05) is 0 Å². The van der Waals surface area contributed by atoms with Crippen molar-refractivity contribution in [3.63, 3.8) is 0 Å². The number of aliphatic carboxylic acids is 1. The number of amides is 1. The first-order valence-corrected chi connectivity index (χ1v) is 6.39. The Bertz CT molecular complexity index is 532. The predicted molar refractivity (Wildman–Crippen MR) is 69.3 cm³/mol. The molecule has 1 atom stereocenters. The highest BCUT2D eigenvalue weighted by atomic mass is 19.1. The molecule has 1 aromatic rings. The first-order chi connectivity index (χ1) is 9.52. The van der Waals surface area contributed by atoms with Crippen molar-refractivity contribution in [3.05, 3.63) is 29.6 Å². The minimum absolute atomic E-state index is 0.0939. The lowest BCUT2D eigenvalue weighted by molar-refractivity contribution is -0.137. The summed E-state index contributed by atoms with van der Waals surface area (Å²) in [6.45, 7) is 0.483. The molecule has 0 aromatic heterocycles. The molecular formula is C14H16FNO4. The Morgan fingerprint density at radius 1 is 1.50 bits per heavy atom. The minimum atomic E-state index is -0.944. The Balaban J connectivity index is 2.26. The molecule has 0 unspecified atom stereocenters. The molecule has 0 spiro atoms. The molecule has 0 bridgehead atoms. The maximum Gasteiger partial charge on any atom is 0.305 e. The zero-order valence-corrected chi connectivity index (χ0v) is 11.1. The number of carboxylic acid groups (broad SMARTS) is 1. The van der Waals surface area contributed by atoms with E-state index in [9.17, 15) is 14.0 Å². The van der Waals surface area contributed by atoms with E-state index < -0.39 is 11.8 Å². The molecule has 1 amide bonds. The number of rotatable bonds is 4. The number of likely N-dealkylation sites (tertiary alicyclic amines) is 1. The molecule has 0 radical (unpaired) electrons. The SMILES string of the molecule is COc1ccc(F)cc1C(=O)N1CCC[C@@H]1CC(=O)O. The first-order valence-electron chi connectivity index (χ1n) is 6.39. The van der Waals surface area contributed by atoms with Crippen LogP contribution in [0.1, 0.15) is 29.6 Å². The molecule has 1 saturated heterocycles. The van der Waals surface area contributed by atoms with Crippen molar-refractivity contribution in [2.24, 2.45) is 0 Å². The summed E-state index contributed by atoms with van der Waals surface area (Å²) >= 11 is 0. The topological polar surface area (TPSA) is 66.8 Å². The minimum Gasteiger partial charge on any atom is -0.496 e. The molecule has 1 aliphatic heterocycles. The van der Waals surface area contributed by atoms with Gasteiger partial charge in [-0.2, -0.15) is 0 Å². The molecule has 6 heteroatoms. The number of ether oxygens (including phenoxy) is 1. The van der Waals surface area contributed by atoms with Gasteiger partial charge in [-0.3, -0.25) is 9.59 Å². The quantitative estimate of drug-likeness (QED) is 0.915. The largest absolute Gasteiger partial charge is 0.496 e. The van der Waals surface area contributed by atoms with Gasteiger partial charge in [-0.25, -0.2) is 4.39 Å². The summed E-state index contributed by atoms with van der Waals surface area (Å²) in [5, 5.41) is 8.87. The van der Waals surface area contributed by atoms with Gasteiger partial charge < -0.3 is 14.7 Å². The zero-order chi connectivity index (χ0) is 14.7. The van der Waals surface area contributed by atoms with Crippen LogP contribution in [0.5, 0.6) is 5.75 Å². The van der Waals surface area contributed by atoms with Gasteiger partial charge >= 0.3 is 5.97 Å². The zero-order valence-electron chi connectivity index (χ0n) is 11.1. The van der Waals surface area contributed by atoms with Crippen LogP contribution in [0.25, 0.3) is 0 Å². The van der Waals surface area contributed by atoms with Crippen molar-refractivity contribution in [2.75, 3.05) is 13.7 Å². The lowest BCUT2D eigenvalue weighted by Crippen LogP contribution is -2.37. The molecule has 1 fully saturated rings. The highest BCUT2D eigenvalue weighted by molar-refractivity contribution is 5.97. The van der Waals surface area contributed by atoms with Crippen LogP contribution < -0.4 is 4.74 Å². The number of nitrogens with zero attached hydrogens (tertiary/aromatic N) is 1. The fraction of sp³-hybridized carbons (Fsp3) is 0.429. The number of hydrogen-bond acceptors (Lipinski definition) is 3. The average Bonchev–Trinajstić information content (AvgIpc) is 2.85. The third kappa shape index (κ3) is 2.89. The summed E-state index contributed by atoms with van der Waals surface area (Å²) < 4.78 is 18.4. The number of carboxylic acids is 1. The number of benzene rings is 1. The van der Waals surface area contributed by atoms with E-state index in [0.717, 1.165) is 12.5 Å². The van der Waals surface area contributed by atoms with Crippen molar-refractivity contribution in [1.82, 2.24) is 4.90 Å². The number of halogens is 1. The van der Waals surface area contributed by atoms with Crippen LogP contribution in [0.15, 0.2) is 18.2 Å². The van der Waals surface area contributed by atoms with E-state index >= 15 is 0 Å². The summed E-state index contributed by atoms with van der Waals surface area (Å²) in [6.07, 6.45) is 1.31. The number of carbonyl (C=O) groups is 2. The van der Waals surface area contributed by atoms with E-state index in [4.69, 9.17) is 9.84 Å². The van der Waals surface area contributed by atoms with Crippen LogP contribution in [-0.2, 0) is 4.79 Å². The van der Waals surface area contributed by atoms with Crippen LogP contribution in [0.4, 0.5) is 4.39 Å². The third-order valence-corrected chi connectivity index (χ3v) is 3.44. The maximum absolute atomic E-state index is 13.3. The van der Waals surface area contributed by atoms with Crippen molar-refractivity contribution >= 4 is 11.9 Å². The van der Waals surface area contributed by atoms with Crippen LogP contribution >= 0.6 is 0 Å². The van der Waals surface area contributed by atoms with Gasteiger partial charge in [0.25, 0.3) is 5.91 Å².